The molecule has 0 aromatic carbocycles. The fourth-order valence-corrected chi connectivity index (χ4v) is 3.13. The van der Waals surface area contributed by atoms with Gasteiger partial charge in [-0.25, -0.2) is 0 Å². The first kappa shape index (κ1) is 15.3. The number of aromatic nitrogens is 1. The van der Waals surface area contributed by atoms with Crippen molar-refractivity contribution in [1.82, 2.24) is 10.3 Å². The zero-order chi connectivity index (χ0) is 14.6. The van der Waals surface area contributed by atoms with Gasteiger partial charge in [-0.05, 0) is 43.7 Å². The fraction of sp³-hybridized carbons (Fsp3) is 0.706. The quantitative estimate of drug-likeness (QED) is 0.890. The van der Waals surface area contributed by atoms with Crippen molar-refractivity contribution in [2.75, 3.05) is 18.5 Å². The van der Waals surface area contributed by atoms with Crippen molar-refractivity contribution in [2.45, 2.75) is 59.0 Å². The van der Waals surface area contributed by atoms with E-state index >= 15 is 0 Å². The molecule has 1 saturated carbocycles. The second-order valence-electron chi connectivity index (χ2n) is 6.79. The van der Waals surface area contributed by atoms with Crippen molar-refractivity contribution in [2.24, 2.45) is 5.41 Å². The molecule has 0 atom stereocenters. The lowest BCUT2D eigenvalue weighted by Crippen LogP contribution is -2.38. The predicted octanol–water partition coefficient (Wildman–Crippen LogP) is 3.60. The van der Waals surface area contributed by atoms with E-state index in [-0.39, 0.29) is 0 Å². The van der Waals surface area contributed by atoms with E-state index < -0.39 is 0 Å². The minimum atomic E-state index is 0.530. The van der Waals surface area contributed by atoms with E-state index in [0.29, 0.717) is 11.5 Å². The Bertz CT molecular complexity index is 418. The average molecular weight is 275 g/mol. The smallest absolute Gasteiger partial charge is 0.0442 e. The van der Waals surface area contributed by atoms with Crippen LogP contribution in [0.25, 0.3) is 0 Å². The molecule has 0 radical (unpaired) electrons. The van der Waals surface area contributed by atoms with E-state index in [2.05, 4.69) is 49.1 Å². The molecular weight excluding hydrogens is 246 g/mol. The third kappa shape index (κ3) is 3.72. The van der Waals surface area contributed by atoms with Gasteiger partial charge in [0.25, 0.3) is 0 Å². The first-order valence-electron chi connectivity index (χ1n) is 7.90. The van der Waals surface area contributed by atoms with Crippen LogP contribution in [0.1, 0.15) is 52.0 Å². The highest BCUT2D eigenvalue weighted by Gasteiger charge is 2.29. The van der Waals surface area contributed by atoms with E-state index in [1.54, 1.807) is 0 Å². The molecule has 1 N–H and O–H groups in total. The number of nitrogens with zero attached hydrogens (tertiary/aromatic N) is 2. The van der Waals surface area contributed by atoms with Crippen LogP contribution in [-0.2, 0) is 6.54 Å². The zero-order valence-electron chi connectivity index (χ0n) is 13.4. The highest BCUT2D eigenvalue weighted by atomic mass is 15.1. The molecule has 1 heterocycles. The summed E-state index contributed by atoms with van der Waals surface area (Å²) in [6.45, 7) is 8.83. The van der Waals surface area contributed by atoms with Crippen molar-refractivity contribution in [3.8, 4) is 0 Å². The highest BCUT2D eigenvalue weighted by Crippen LogP contribution is 2.38. The number of pyridine rings is 1. The first-order valence-corrected chi connectivity index (χ1v) is 7.90. The molecule has 0 unspecified atom stereocenters. The summed E-state index contributed by atoms with van der Waals surface area (Å²) in [6.07, 6.45) is 9.17. The van der Waals surface area contributed by atoms with Crippen molar-refractivity contribution in [1.29, 1.82) is 0 Å². The van der Waals surface area contributed by atoms with Gasteiger partial charge in [0.15, 0.2) is 0 Å². The van der Waals surface area contributed by atoms with E-state index in [0.717, 1.165) is 13.1 Å². The monoisotopic (exact) mass is 275 g/mol. The Kier molecular flexibility index (Phi) is 5.03. The lowest BCUT2D eigenvalue weighted by atomic mass is 9.75. The molecule has 0 spiro atoms. The topological polar surface area (TPSA) is 28.2 Å². The van der Waals surface area contributed by atoms with Crippen molar-refractivity contribution >= 4 is 5.69 Å². The summed E-state index contributed by atoms with van der Waals surface area (Å²) in [5, 5.41) is 3.41. The maximum atomic E-state index is 4.28. The van der Waals surface area contributed by atoms with Crippen molar-refractivity contribution in [3.63, 3.8) is 0 Å². The lowest BCUT2D eigenvalue weighted by Gasteiger charge is -2.40. The number of anilines is 1. The summed E-state index contributed by atoms with van der Waals surface area (Å²) >= 11 is 0. The van der Waals surface area contributed by atoms with Gasteiger partial charge in [-0.3, -0.25) is 4.98 Å². The zero-order valence-corrected chi connectivity index (χ0v) is 13.4. The van der Waals surface area contributed by atoms with Crippen LogP contribution in [0.5, 0.6) is 0 Å². The summed E-state index contributed by atoms with van der Waals surface area (Å²) in [6, 6.07) is 2.83. The second kappa shape index (κ2) is 6.57. The Labute approximate surface area is 123 Å². The van der Waals surface area contributed by atoms with Gasteiger partial charge in [0.05, 0.1) is 0 Å². The normalized spacial score (nSPS) is 19.0. The minimum absolute atomic E-state index is 0.530. The summed E-state index contributed by atoms with van der Waals surface area (Å²) in [5.41, 5.74) is 3.18. The van der Waals surface area contributed by atoms with Crippen LogP contribution >= 0.6 is 0 Å². The molecule has 0 bridgehead atoms. The Hall–Kier alpha value is -1.09. The van der Waals surface area contributed by atoms with Crippen LogP contribution in [0.4, 0.5) is 5.69 Å². The Morgan fingerprint density at radius 1 is 1.35 bits per heavy atom. The number of hydrogen-bond donors (Lipinski definition) is 1. The summed E-state index contributed by atoms with van der Waals surface area (Å²) in [4.78, 5) is 6.76. The predicted molar refractivity (Wildman–Crippen MR) is 86.1 cm³/mol. The first-order chi connectivity index (χ1) is 9.53. The molecule has 3 heteroatoms. The molecular formula is C17H29N3. The SMILES string of the molecule is CCNCc1cnccc1N(C)C1CCC(C)(C)CC1. The number of hydrogen-bond acceptors (Lipinski definition) is 3. The van der Waals surface area contributed by atoms with Gasteiger partial charge in [0.2, 0.25) is 0 Å². The number of nitrogens with one attached hydrogen (secondary N) is 1. The molecule has 0 aliphatic heterocycles. The van der Waals surface area contributed by atoms with Crippen LogP contribution in [0.2, 0.25) is 0 Å². The van der Waals surface area contributed by atoms with Gasteiger partial charge in [0, 0.05) is 43.3 Å². The van der Waals surface area contributed by atoms with Gasteiger partial charge >= 0.3 is 0 Å². The molecule has 3 nitrogen and oxygen atoms in total. The van der Waals surface area contributed by atoms with Crippen molar-refractivity contribution < 1.29 is 0 Å². The summed E-state index contributed by atoms with van der Waals surface area (Å²) in [7, 11) is 2.24. The van der Waals surface area contributed by atoms with E-state index in [9.17, 15) is 0 Å². The molecule has 20 heavy (non-hydrogen) atoms. The third-order valence-electron chi connectivity index (χ3n) is 4.68. The molecule has 1 aromatic heterocycles. The molecule has 0 amide bonds. The fourth-order valence-electron chi connectivity index (χ4n) is 3.13. The molecule has 1 aliphatic rings. The number of rotatable bonds is 5. The summed E-state index contributed by atoms with van der Waals surface area (Å²) in [5.74, 6) is 0. The van der Waals surface area contributed by atoms with Gasteiger partial charge in [0.1, 0.15) is 0 Å². The molecule has 0 saturated heterocycles. The van der Waals surface area contributed by atoms with Gasteiger partial charge in [-0.1, -0.05) is 20.8 Å². The van der Waals surface area contributed by atoms with Crippen molar-refractivity contribution in [3.05, 3.63) is 24.0 Å². The molecule has 1 fully saturated rings. The van der Waals surface area contributed by atoms with Gasteiger partial charge in [-0.2, -0.15) is 0 Å². The van der Waals surface area contributed by atoms with Gasteiger partial charge < -0.3 is 10.2 Å². The van der Waals surface area contributed by atoms with Crippen LogP contribution in [0.15, 0.2) is 18.5 Å². The van der Waals surface area contributed by atoms with E-state index in [4.69, 9.17) is 0 Å². The second-order valence-corrected chi connectivity index (χ2v) is 6.79. The van der Waals surface area contributed by atoms with Crippen LogP contribution < -0.4 is 10.2 Å². The van der Waals surface area contributed by atoms with Crippen LogP contribution in [0, 0.1) is 5.41 Å². The average Bonchev–Trinajstić information content (AvgIpc) is 2.45. The minimum Gasteiger partial charge on any atom is -0.371 e. The Balaban J connectivity index is 2.07. The lowest BCUT2D eigenvalue weighted by molar-refractivity contribution is 0.222. The van der Waals surface area contributed by atoms with E-state index in [1.807, 2.05) is 12.4 Å². The largest absolute Gasteiger partial charge is 0.371 e. The maximum Gasteiger partial charge on any atom is 0.0442 e. The third-order valence-corrected chi connectivity index (χ3v) is 4.68. The Morgan fingerprint density at radius 2 is 2.05 bits per heavy atom. The highest BCUT2D eigenvalue weighted by molar-refractivity contribution is 5.52. The maximum absolute atomic E-state index is 4.28. The van der Waals surface area contributed by atoms with Gasteiger partial charge in [-0.15, -0.1) is 0 Å². The Morgan fingerprint density at radius 3 is 2.70 bits per heavy atom. The van der Waals surface area contributed by atoms with Crippen LogP contribution in [-0.4, -0.2) is 24.6 Å². The van der Waals surface area contributed by atoms with Crippen LogP contribution in [0.3, 0.4) is 0 Å². The molecule has 1 aromatic rings. The molecule has 1 aliphatic carbocycles. The summed E-state index contributed by atoms with van der Waals surface area (Å²) < 4.78 is 0. The molecule has 112 valence electrons. The molecule has 2 rings (SSSR count). The standard InChI is InChI=1S/C17H29N3/c1-5-18-12-14-13-19-11-8-16(14)20(4)15-6-9-17(2,3)10-7-15/h8,11,13,15,18H,5-7,9-10,12H2,1-4H3. The van der Waals surface area contributed by atoms with E-state index in [1.165, 1.54) is 36.9 Å².